The van der Waals surface area contributed by atoms with Crippen LogP contribution in [0.4, 0.5) is 0 Å². The van der Waals surface area contributed by atoms with Gasteiger partial charge in [0.2, 0.25) is 0 Å². The third-order valence-electron chi connectivity index (χ3n) is 3.57. The van der Waals surface area contributed by atoms with E-state index in [1.165, 1.54) is 11.1 Å². The van der Waals surface area contributed by atoms with Gasteiger partial charge in [0.15, 0.2) is 0 Å². The van der Waals surface area contributed by atoms with Crippen LogP contribution in [-0.4, -0.2) is 35.1 Å². The van der Waals surface area contributed by atoms with Crippen molar-refractivity contribution in [3.05, 3.63) is 35.4 Å². The fourth-order valence-electron chi connectivity index (χ4n) is 2.59. The quantitative estimate of drug-likeness (QED) is 0.867. The van der Waals surface area contributed by atoms with Crippen molar-refractivity contribution in [2.75, 3.05) is 13.1 Å². The zero-order chi connectivity index (χ0) is 12.3. The van der Waals surface area contributed by atoms with Crippen LogP contribution in [0.25, 0.3) is 0 Å². The lowest BCUT2D eigenvalue weighted by Crippen LogP contribution is -2.42. The van der Waals surface area contributed by atoms with E-state index >= 15 is 0 Å². The highest BCUT2D eigenvalue weighted by atomic mass is 16.4. The monoisotopic (exact) mass is 233 g/mol. The highest BCUT2D eigenvalue weighted by Crippen LogP contribution is 2.17. The van der Waals surface area contributed by atoms with Gasteiger partial charge in [-0.05, 0) is 30.4 Å². The van der Waals surface area contributed by atoms with Crippen LogP contribution in [-0.2, 0) is 17.6 Å². The zero-order valence-electron chi connectivity index (χ0n) is 10.2. The van der Waals surface area contributed by atoms with Crippen molar-refractivity contribution in [1.29, 1.82) is 0 Å². The van der Waals surface area contributed by atoms with Gasteiger partial charge in [0, 0.05) is 13.1 Å². The van der Waals surface area contributed by atoms with Gasteiger partial charge >= 0.3 is 5.97 Å². The summed E-state index contributed by atoms with van der Waals surface area (Å²) >= 11 is 0. The Kier molecular flexibility index (Phi) is 3.79. The summed E-state index contributed by atoms with van der Waals surface area (Å²) in [6.45, 7) is 3.64. The molecule has 92 valence electrons. The molecule has 0 saturated heterocycles. The molecule has 1 aliphatic rings. The fourth-order valence-corrected chi connectivity index (χ4v) is 2.59. The lowest BCUT2D eigenvalue weighted by Gasteiger charge is -2.26. The number of aliphatic carboxylic acids is 1. The van der Waals surface area contributed by atoms with Gasteiger partial charge in [-0.15, -0.1) is 0 Å². The van der Waals surface area contributed by atoms with Crippen molar-refractivity contribution in [3.63, 3.8) is 0 Å². The molecule has 2 rings (SSSR count). The topological polar surface area (TPSA) is 40.5 Å². The Labute approximate surface area is 102 Å². The average molecular weight is 233 g/mol. The molecule has 1 aromatic rings. The average Bonchev–Trinajstić information content (AvgIpc) is 2.53. The maximum Gasteiger partial charge on any atom is 0.320 e. The van der Waals surface area contributed by atoms with Crippen molar-refractivity contribution in [2.24, 2.45) is 0 Å². The molecule has 0 spiro atoms. The summed E-state index contributed by atoms with van der Waals surface area (Å²) in [5.41, 5.74) is 2.74. The number of nitrogens with zero attached hydrogens (tertiary/aromatic N) is 1. The predicted octanol–water partition coefficient (Wildman–Crippen LogP) is 1.95. The standard InChI is InChI=1S/C14H19NO2/c1-2-13(14(16)17)15-9-7-11-5-3-4-6-12(11)8-10-15/h3-6,13H,2,7-10H2,1H3,(H,16,17). The first-order chi connectivity index (χ1) is 8.22. The number of carboxylic acid groups (broad SMARTS) is 1. The molecule has 3 heteroatoms. The number of benzene rings is 1. The molecule has 1 atom stereocenters. The number of carboxylic acids is 1. The molecule has 1 aliphatic heterocycles. The first-order valence-electron chi connectivity index (χ1n) is 6.26. The van der Waals surface area contributed by atoms with E-state index in [0.29, 0.717) is 6.42 Å². The molecule has 1 aromatic carbocycles. The molecule has 0 aliphatic carbocycles. The lowest BCUT2D eigenvalue weighted by molar-refractivity contribution is -0.143. The van der Waals surface area contributed by atoms with Crippen molar-refractivity contribution in [2.45, 2.75) is 32.2 Å². The van der Waals surface area contributed by atoms with Crippen LogP contribution in [0.1, 0.15) is 24.5 Å². The summed E-state index contributed by atoms with van der Waals surface area (Å²) in [6, 6.07) is 8.09. The van der Waals surface area contributed by atoms with Gasteiger partial charge in [-0.25, -0.2) is 0 Å². The number of rotatable bonds is 3. The first-order valence-corrected chi connectivity index (χ1v) is 6.26. The van der Waals surface area contributed by atoms with Crippen LogP contribution < -0.4 is 0 Å². The molecule has 0 fully saturated rings. The van der Waals surface area contributed by atoms with Crippen LogP contribution in [0.2, 0.25) is 0 Å². The second-order valence-electron chi connectivity index (χ2n) is 4.57. The minimum Gasteiger partial charge on any atom is -0.480 e. The minimum atomic E-state index is -0.696. The van der Waals surface area contributed by atoms with E-state index in [4.69, 9.17) is 0 Å². The molecule has 17 heavy (non-hydrogen) atoms. The van der Waals surface area contributed by atoms with Gasteiger partial charge < -0.3 is 5.11 Å². The SMILES string of the molecule is CCC(C(=O)O)N1CCc2ccccc2CC1. The van der Waals surface area contributed by atoms with Gasteiger partial charge in [-0.3, -0.25) is 9.69 Å². The number of carbonyl (C=O) groups is 1. The molecule has 0 saturated carbocycles. The number of hydrogen-bond acceptors (Lipinski definition) is 2. The highest BCUT2D eigenvalue weighted by molar-refractivity contribution is 5.73. The summed E-state index contributed by atoms with van der Waals surface area (Å²) in [6.07, 6.45) is 2.59. The Morgan fingerprint density at radius 3 is 2.24 bits per heavy atom. The van der Waals surface area contributed by atoms with E-state index in [9.17, 15) is 9.90 Å². The summed E-state index contributed by atoms with van der Waals surface area (Å²) in [4.78, 5) is 13.3. The normalized spacial score (nSPS) is 18.2. The number of hydrogen-bond donors (Lipinski definition) is 1. The van der Waals surface area contributed by atoms with Crippen molar-refractivity contribution in [1.82, 2.24) is 4.90 Å². The maximum atomic E-state index is 11.2. The van der Waals surface area contributed by atoms with E-state index in [-0.39, 0.29) is 6.04 Å². The maximum absolute atomic E-state index is 11.2. The zero-order valence-corrected chi connectivity index (χ0v) is 10.2. The second-order valence-corrected chi connectivity index (χ2v) is 4.57. The smallest absolute Gasteiger partial charge is 0.320 e. The van der Waals surface area contributed by atoms with Crippen LogP contribution in [0, 0.1) is 0 Å². The highest BCUT2D eigenvalue weighted by Gasteiger charge is 2.25. The second kappa shape index (κ2) is 5.32. The molecule has 1 unspecified atom stereocenters. The Morgan fingerprint density at radius 1 is 1.29 bits per heavy atom. The third-order valence-corrected chi connectivity index (χ3v) is 3.57. The molecular weight excluding hydrogens is 214 g/mol. The molecule has 0 aromatic heterocycles. The predicted molar refractivity (Wildman–Crippen MR) is 67.1 cm³/mol. The van der Waals surface area contributed by atoms with E-state index in [1.54, 1.807) is 0 Å². The molecular formula is C14H19NO2. The van der Waals surface area contributed by atoms with Crippen LogP contribution in [0.3, 0.4) is 0 Å². The van der Waals surface area contributed by atoms with Gasteiger partial charge in [-0.1, -0.05) is 31.2 Å². The molecule has 0 amide bonds. The Balaban J connectivity index is 2.11. The Bertz CT molecular complexity index is 376. The van der Waals surface area contributed by atoms with Crippen LogP contribution in [0.5, 0.6) is 0 Å². The first kappa shape index (κ1) is 12.1. The Morgan fingerprint density at radius 2 is 1.82 bits per heavy atom. The summed E-state index contributed by atoms with van der Waals surface area (Å²) in [7, 11) is 0. The summed E-state index contributed by atoms with van der Waals surface area (Å²) in [5, 5.41) is 9.19. The largest absolute Gasteiger partial charge is 0.480 e. The third kappa shape index (κ3) is 2.67. The van der Waals surface area contributed by atoms with Crippen LogP contribution >= 0.6 is 0 Å². The van der Waals surface area contributed by atoms with E-state index in [0.717, 1.165) is 25.9 Å². The van der Waals surface area contributed by atoms with Gasteiger partial charge in [0.05, 0.1) is 0 Å². The molecule has 3 nitrogen and oxygen atoms in total. The fraction of sp³-hybridized carbons (Fsp3) is 0.500. The van der Waals surface area contributed by atoms with E-state index in [1.807, 2.05) is 6.92 Å². The van der Waals surface area contributed by atoms with Crippen LogP contribution in [0.15, 0.2) is 24.3 Å². The molecule has 1 heterocycles. The van der Waals surface area contributed by atoms with Crippen molar-refractivity contribution in [3.8, 4) is 0 Å². The lowest BCUT2D eigenvalue weighted by atomic mass is 10.0. The van der Waals surface area contributed by atoms with Gasteiger partial charge in [-0.2, -0.15) is 0 Å². The summed E-state index contributed by atoms with van der Waals surface area (Å²) in [5.74, 6) is -0.696. The van der Waals surface area contributed by atoms with Gasteiger partial charge in [0.25, 0.3) is 0 Å². The van der Waals surface area contributed by atoms with Gasteiger partial charge in [0.1, 0.15) is 6.04 Å². The van der Waals surface area contributed by atoms with Crippen molar-refractivity contribution < 1.29 is 9.90 Å². The molecule has 0 bridgehead atoms. The van der Waals surface area contributed by atoms with Crippen molar-refractivity contribution >= 4 is 5.97 Å². The number of fused-ring (bicyclic) bond motifs is 1. The Hall–Kier alpha value is -1.35. The van der Waals surface area contributed by atoms with E-state index < -0.39 is 5.97 Å². The van der Waals surface area contributed by atoms with E-state index in [2.05, 4.69) is 29.2 Å². The molecule has 0 radical (unpaired) electrons. The summed E-state index contributed by atoms with van der Waals surface area (Å²) < 4.78 is 0. The minimum absolute atomic E-state index is 0.329. The molecule has 1 N–H and O–H groups in total.